The van der Waals surface area contributed by atoms with E-state index < -0.39 is 18.2 Å². The van der Waals surface area contributed by atoms with Crippen molar-refractivity contribution in [1.29, 1.82) is 0 Å². The summed E-state index contributed by atoms with van der Waals surface area (Å²) in [6, 6.07) is -0.716. The number of allylic oxidation sites excluding steroid dienone is 6. The molecule has 0 aliphatic heterocycles. The minimum atomic E-state index is -0.800. The Morgan fingerprint density at radius 2 is 0.788 bits per heavy atom. The summed E-state index contributed by atoms with van der Waals surface area (Å²) in [4.78, 5) is 26.2. The van der Waals surface area contributed by atoms with Crippen LogP contribution in [0.5, 0.6) is 0 Å². The molecule has 0 heterocycles. The zero-order chi connectivity index (χ0) is 48.1. The van der Waals surface area contributed by atoms with Gasteiger partial charge >= 0.3 is 5.97 Å². The predicted octanol–water partition coefficient (Wildman–Crippen LogP) is 18.0. The van der Waals surface area contributed by atoms with E-state index in [1.807, 2.05) is 0 Å². The van der Waals surface area contributed by atoms with Gasteiger partial charge in [0.1, 0.15) is 6.10 Å². The molecule has 3 atom stereocenters. The van der Waals surface area contributed by atoms with Crippen LogP contribution in [0.15, 0.2) is 36.5 Å². The van der Waals surface area contributed by atoms with Gasteiger partial charge in [-0.2, -0.15) is 0 Å². The summed E-state index contributed by atoms with van der Waals surface area (Å²) in [6.45, 7) is 6.50. The van der Waals surface area contributed by atoms with E-state index >= 15 is 0 Å². The van der Waals surface area contributed by atoms with Gasteiger partial charge < -0.3 is 20.3 Å². The van der Waals surface area contributed by atoms with Crippen molar-refractivity contribution < 1.29 is 24.5 Å². The fraction of sp³-hybridized carbons (Fsp3) is 0.867. The molecule has 0 fully saturated rings. The van der Waals surface area contributed by atoms with E-state index in [1.54, 1.807) is 0 Å². The lowest BCUT2D eigenvalue weighted by molar-refractivity contribution is -0.151. The van der Waals surface area contributed by atoms with Crippen LogP contribution in [0.3, 0.4) is 0 Å². The van der Waals surface area contributed by atoms with Gasteiger partial charge in [0.15, 0.2) is 0 Å². The summed E-state index contributed by atoms with van der Waals surface area (Å²) < 4.78 is 5.93. The third-order valence-corrected chi connectivity index (χ3v) is 13.5. The van der Waals surface area contributed by atoms with Gasteiger partial charge in [0, 0.05) is 6.42 Å². The maximum Gasteiger partial charge on any atom is 0.306 e. The second-order valence-corrected chi connectivity index (χ2v) is 20.1. The Labute approximate surface area is 411 Å². The normalized spacial score (nSPS) is 13.3. The van der Waals surface area contributed by atoms with Crippen molar-refractivity contribution in [2.75, 3.05) is 6.61 Å². The van der Waals surface area contributed by atoms with Gasteiger partial charge in [-0.1, -0.05) is 263 Å². The lowest BCUT2D eigenvalue weighted by Crippen LogP contribution is -2.46. The number of aliphatic hydroxyl groups is 2. The molecule has 3 unspecified atom stereocenters. The second-order valence-electron chi connectivity index (χ2n) is 20.1. The summed E-state index contributed by atoms with van der Waals surface area (Å²) in [6.07, 6.45) is 65.0. The largest absolute Gasteiger partial charge is 0.462 e. The maximum absolute atomic E-state index is 13.3. The molecule has 0 aliphatic carbocycles. The van der Waals surface area contributed by atoms with Crippen LogP contribution in [0.1, 0.15) is 310 Å². The van der Waals surface area contributed by atoms with Gasteiger partial charge in [-0.15, -0.1) is 0 Å². The number of hydrogen-bond donors (Lipinski definition) is 3. The standard InChI is InChI=1S/C60H113NO5/c1-4-7-10-13-16-19-22-25-28-29-30-32-35-38-41-44-47-50-53-60(65)66-56(51-48-45-42-39-36-33-27-24-21-18-15-12-9-6-3)54-59(64)61-57(55-62)58(63)52-49-46-43-40-37-34-31-26-23-20-17-14-11-8-5-2/h30,32-33,36,39,42,56-58,62-63H,4-29,31,34-35,37-38,40-41,43-55H2,1-3H3,(H,61,64)/b32-30+,36-33+,42-39+. The van der Waals surface area contributed by atoms with E-state index in [4.69, 9.17) is 4.74 Å². The smallest absolute Gasteiger partial charge is 0.306 e. The van der Waals surface area contributed by atoms with Crippen LogP contribution in [0, 0.1) is 0 Å². The van der Waals surface area contributed by atoms with Gasteiger partial charge in [0.25, 0.3) is 0 Å². The molecule has 0 aromatic heterocycles. The van der Waals surface area contributed by atoms with Gasteiger partial charge in [0.2, 0.25) is 5.91 Å². The average molecular weight is 929 g/mol. The summed E-state index contributed by atoms with van der Waals surface area (Å²) in [7, 11) is 0. The number of carbonyl (C=O) groups is 2. The van der Waals surface area contributed by atoms with Crippen LogP contribution < -0.4 is 5.32 Å². The third kappa shape index (κ3) is 48.5. The highest BCUT2D eigenvalue weighted by atomic mass is 16.5. The Hall–Kier alpha value is -1.92. The summed E-state index contributed by atoms with van der Waals surface area (Å²) in [5.74, 6) is -0.517. The summed E-state index contributed by atoms with van der Waals surface area (Å²) in [5, 5.41) is 23.9. The van der Waals surface area contributed by atoms with Crippen molar-refractivity contribution in [3.8, 4) is 0 Å². The van der Waals surface area contributed by atoms with Gasteiger partial charge in [-0.25, -0.2) is 0 Å². The topological polar surface area (TPSA) is 95.9 Å². The molecule has 66 heavy (non-hydrogen) atoms. The number of nitrogens with one attached hydrogen (secondary N) is 1. The highest BCUT2D eigenvalue weighted by Crippen LogP contribution is 2.18. The molecule has 0 saturated heterocycles. The van der Waals surface area contributed by atoms with E-state index in [2.05, 4.69) is 62.5 Å². The van der Waals surface area contributed by atoms with Crippen molar-refractivity contribution >= 4 is 11.9 Å². The molecule has 0 bridgehead atoms. The first-order chi connectivity index (χ1) is 32.5. The van der Waals surface area contributed by atoms with Crippen LogP contribution in [-0.2, 0) is 14.3 Å². The van der Waals surface area contributed by atoms with E-state index in [9.17, 15) is 19.8 Å². The molecule has 0 spiro atoms. The van der Waals surface area contributed by atoms with Crippen LogP contribution >= 0.6 is 0 Å². The number of rotatable bonds is 53. The SMILES string of the molecule is CCCCCCCCC/C=C/C=C/CCCC(CC(=O)NC(CO)C(O)CCCCCCCCCCCCCCCCC)OC(=O)CCCCCCC/C=C/CCCCCCCCCCC. The lowest BCUT2D eigenvalue weighted by atomic mass is 10.0. The second kappa shape index (κ2) is 54.0. The van der Waals surface area contributed by atoms with Crippen LogP contribution in [0.25, 0.3) is 0 Å². The minimum absolute atomic E-state index is 0.0443. The van der Waals surface area contributed by atoms with Crippen molar-refractivity contribution in [2.24, 2.45) is 0 Å². The van der Waals surface area contributed by atoms with Gasteiger partial charge in [0.05, 0.1) is 25.2 Å². The zero-order valence-electron chi connectivity index (χ0n) is 44.3. The van der Waals surface area contributed by atoms with E-state index in [1.165, 1.54) is 199 Å². The molecule has 6 heteroatoms. The highest BCUT2D eigenvalue weighted by Gasteiger charge is 2.24. The Morgan fingerprint density at radius 3 is 1.20 bits per heavy atom. The molecule has 0 aliphatic rings. The number of aliphatic hydroxyl groups excluding tert-OH is 2. The van der Waals surface area contributed by atoms with E-state index in [0.717, 1.165) is 64.2 Å². The molecule has 388 valence electrons. The number of esters is 1. The average Bonchev–Trinajstić information content (AvgIpc) is 3.31. The Morgan fingerprint density at radius 1 is 0.439 bits per heavy atom. The van der Waals surface area contributed by atoms with Gasteiger partial charge in [-0.3, -0.25) is 9.59 Å². The molecule has 0 rings (SSSR count). The number of amides is 1. The lowest BCUT2D eigenvalue weighted by Gasteiger charge is -2.24. The van der Waals surface area contributed by atoms with Crippen molar-refractivity contribution in [3.05, 3.63) is 36.5 Å². The molecular weight excluding hydrogens is 815 g/mol. The van der Waals surface area contributed by atoms with Crippen molar-refractivity contribution in [3.63, 3.8) is 0 Å². The molecule has 6 nitrogen and oxygen atoms in total. The number of ether oxygens (including phenoxy) is 1. The van der Waals surface area contributed by atoms with E-state index in [-0.39, 0.29) is 24.9 Å². The minimum Gasteiger partial charge on any atom is -0.462 e. The fourth-order valence-corrected chi connectivity index (χ4v) is 9.01. The fourth-order valence-electron chi connectivity index (χ4n) is 9.01. The van der Waals surface area contributed by atoms with Crippen molar-refractivity contribution in [2.45, 2.75) is 328 Å². The number of hydrogen-bond acceptors (Lipinski definition) is 5. The summed E-state index contributed by atoms with van der Waals surface area (Å²) >= 11 is 0. The molecule has 0 aromatic rings. The summed E-state index contributed by atoms with van der Waals surface area (Å²) in [5.41, 5.74) is 0. The van der Waals surface area contributed by atoms with Crippen LogP contribution in [-0.4, -0.2) is 46.9 Å². The molecular formula is C60H113NO5. The van der Waals surface area contributed by atoms with Crippen LogP contribution in [0.2, 0.25) is 0 Å². The first-order valence-corrected chi connectivity index (χ1v) is 29.2. The number of carbonyl (C=O) groups excluding carboxylic acids is 2. The number of unbranched alkanes of at least 4 members (excludes halogenated alkanes) is 36. The highest BCUT2D eigenvalue weighted by molar-refractivity contribution is 5.77. The first-order valence-electron chi connectivity index (χ1n) is 29.2. The molecule has 3 N–H and O–H groups in total. The predicted molar refractivity (Wildman–Crippen MR) is 287 cm³/mol. The van der Waals surface area contributed by atoms with Crippen molar-refractivity contribution in [1.82, 2.24) is 5.32 Å². The monoisotopic (exact) mass is 928 g/mol. The van der Waals surface area contributed by atoms with Gasteiger partial charge in [-0.05, 0) is 70.6 Å². The zero-order valence-corrected chi connectivity index (χ0v) is 44.3. The molecule has 1 amide bonds. The Balaban J connectivity index is 4.57. The quantitative estimate of drug-likeness (QED) is 0.0244. The molecule has 0 saturated carbocycles. The third-order valence-electron chi connectivity index (χ3n) is 13.5. The Bertz CT molecular complexity index is 1090. The van der Waals surface area contributed by atoms with E-state index in [0.29, 0.717) is 19.3 Å². The Kier molecular flexibility index (Phi) is 52.5. The molecule has 0 aromatic carbocycles. The maximum atomic E-state index is 13.3. The van der Waals surface area contributed by atoms with Crippen LogP contribution in [0.4, 0.5) is 0 Å². The first kappa shape index (κ1) is 64.1. The molecule has 0 radical (unpaired) electrons.